The summed E-state index contributed by atoms with van der Waals surface area (Å²) in [5.41, 5.74) is 0.897. The van der Waals surface area contributed by atoms with E-state index in [1.807, 2.05) is 18.2 Å². The largest absolute Gasteiger partial charge is 0.316 e. The number of hydrogen-bond donors (Lipinski definition) is 1. The van der Waals surface area contributed by atoms with E-state index in [4.69, 9.17) is 23.2 Å². The maximum Gasteiger partial charge on any atom is 0.189 e. The van der Waals surface area contributed by atoms with E-state index in [1.165, 1.54) is 11.3 Å². The Balaban J connectivity index is 1.96. The fourth-order valence-corrected chi connectivity index (χ4v) is 3.03. The third-order valence-corrected chi connectivity index (χ3v) is 3.75. The van der Waals surface area contributed by atoms with Crippen molar-refractivity contribution in [2.45, 2.75) is 6.92 Å². The average Bonchev–Trinajstić information content (AvgIpc) is 2.68. The molecule has 0 unspecified atom stereocenters. The maximum absolute atomic E-state index is 5.95. The van der Waals surface area contributed by atoms with E-state index in [0.29, 0.717) is 21.8 Å². The van der Waals surface area contributed by atoms with Gasteiger partial charge in [-0.25, -0.2) is 15.0 Å². The van der Waals surface area contributed by atoms with Gasteiger partial charge in [-0.15, -0.1) is 0 Å². The second kappa shape index (κ2) is 4.92. The summed E-state index contributed by atoms with van der Waals surface area (Å²) in [5.74, 6) is 1.24. The first-order valence-electron chi connectivity index (χ1n) is 5.44. The Morgan fingerprint density at radius 3 is 2.74 bits per heavy atom. The van der Waals surface area contributed by atoms with Crippen molar-refractivity contribution in [3.63, 3.8) is 0 Å². The van der Waals surface area contributed by atoms with Crippen LogP contribution in [-0.4, -0.2) is 15.0 Å². The molecule has 0 bridgehead atoms. The van der Waals surface area contributed by atoms with E-state index in [0.717, 1.165) is 15.3 Å². The Labute approximate surface area is 123 Å². The number of fused-ring (bicyclic) bond motifs is 1. The fourth-order valence-electron chi connectivity index (χ4n) is 1.66. The lowest BCUT2D eigenvalue weighted by Gasteiger charge is -2.02. The quantitative estimate of drug-likeness (QED) is 0.711. The molecule has 0 aliphatic rings. The number of aryl methyl sites for hydroxylation is 1. The van der Waals surface area contributed by atoms with Gasteiger partial charge in [-0.2, -0.15) is 0 Å². The second-order valence-corrected chi connectivity index (χ2v) is 5.73. The van der Waals surface area contributed by atoms with Crippen LogP contribution in [0.4, 0.5) is 10.9 Å². The second-order valence-electron chi connectivity index (χ2n) is 3.88. The smallest absolute Gasteiger partial charge is 0.189 e. The molecule has 7 heteroatoms. The molecule has 0 aliphatic carbocycles. The highest BCUT2D eigenvalue weighted by atomic mass is 35.5. The van der Waals surface area contributed by atoms with Gasteiger partial charge in [0.15, 0.2) is 5.13 Å². The van der Waals surface area contributed by atoms with Crippen LogP contribution in [0, 0.1) is 6.92 Å². The molecule has 3 rings (SSSR count). The number of halogens is 2. The molecule has 0 spiro atoms. The summed E-state index contributed by atoms with van der Waals surface area (Å²) >= 11 is 13.3. The first-order valence-corrected chi connectivity index (χ1v) is 7.02. The average molecular weight is 311 g/mol. The summed E-state index contributed by atoms with van der Waals surface area (Å²) in [5, 5.41) is 4.97. The van der Waals surface area contributed by atoms with Crippen LogP contribution < -0.4 is 5.32 Å². The van der Waals surface area contributed by atoms with E-state index in [1.54, 1.807) is 13.0 Å². The van der Waals surface area contributed by atoms with Crippen LogP contribution in [0.3, 0.4) is 0 Å². The van der Waals surface area contributed by atoms with Gasteiger partial charge < -0.3 is 5.32 Å². The number of nitrogens with one attached hydrogen (secondary N) is 1. The lowest BCUT2D eigenvalue weighted by molar-refractivity contribution is 1.06. The lowest BCUT2D eigenvalue weighted by atomic mass is 10.3. The summed E-state index contributed by atoms with van der Waals surface area (Å²) in [7, 11) is 0. The SMILES string of the molecule is Cc1nc(Cl)cc(Nc2nc3ccc(Cl)cc3s2)n1. The predicted molar refractivity (Wildman–Crippen MR) is 79.7 cm³/mol. The summed E-state index contributed by atoms with van der Waals surface area (Å²) in [6.45, 7) is 1.79. The van der Waals surface area contributed by atoms with Crippen LogP contribution in [-0.2, 0) is 0 Å². The molecule has 0 fully saturated rings. The molecule has 0 saturated heterocycles. The number of rotatable bonds is 2. The van der Waals surface area contributed by atoms with Crippen molar-refractivity contribution in [3.8, 4) is 0 Å². The van der Waals surface area contributed by atoms with Crippen LogP contribution in [0.5, 0.6) is 0 Å². The minimum Gasteiger partial charge on any atom is -0.316 e. The number of hydrogen-bond acceptors (Lipinski definition) is 5. The summed E-state index contributed by atoms with van der Waals surface area (Å²) in [4.78, 5) is 12.7. The van der Waals surface area contributed by atoms with E-state index in [9.17, 15) is 0 Å². The van der Waals surface area contributed by atoms with Gasteiger partial charge in [-0.3, -0.25) is 0 Å². The Kier molecular flexibility index (Phi) is 3.26. The molecule has 0 radical (unpaired) electrons. The Morgan fingerprint density at radius 1 is 1.11 bits per heavy atom. The van der Waals surface area contributed by atoms with Crippen molar-refractivity contribution in [3.05, 3.63) is 40.3 Å². The molecule has 19 heavy (non-hydrogen) atoms. The molecule has 0 saturated carbocycles. The molecule has 0 amide bonds. The van der Waals surface area contributed by atoms with E-state index in [2.05, 4.69) is 20.3 Å². The number of aromatic nitrogens is 3. The van der Waals surface area contributed by atoms with Crippen LogP contribution in [0.1, 0.15) is 5.82 Å². The highest BCUT2D eigenvalue weighted by molar-refractivity contribution is 7.22. The highest BCUT2D eigenvalue weighted by Gasteiger charge is 2.06. The first-order chi connectivity index (χ1) is 9.10. The van der Waals surface area contributed by atoms with E-state index in [-0.39, 0.29) is 0 Å². The van der Waals surface area contributed by atoms with Gasteiger partial charge in [0, 0.05) is 11.1 Å². The summed E-state index contributed by atoms with van der Waals surface area (Å²) in [6.07, 6.45) is 0. The van der Waals surface area contributed by atoms with Crippen molar-refractivity contribution in [2.24, 2.45) is 0 Å². The molecule has 0 aliphatic heterocycles. The summed E-state index contributed by atoms with van der Waals surface area (Å²) < 4.78 is 1.02. The van der Waals surface area contributed by atoms with Gasteiger partial charge in [0.05, 0.1) is 10.2 Å². The van der Waals surface area contributed by atoms with Gasteiger partial charge in [-0.05, 0) is 25.1 Å². The lowest BCUT2D eigenvalue weighted by Crippen LogP contribution is -1.96. The van der Waals surface area contributed by atoms with Gasteiger partial charge in [0.1, 0.15) is 16.8 Å². The number of benzene rings is 1. The third-order valence-electron chi connectivity index (χ3n) is 2.39. The molecule has 4 nitrogen and oxygen atoms in total. The van der Waals surface area contributed by atoms with Gasteiger partial charge >= 0.3 is 0 Å². The van der Waals surface area contributed by atoms with Crippen molar-refractivity contribution in [1.29, 1.82) is 0 Å². The van der Waals surface area contributed by atoms with Crippen molar-refractivity contribution in [2.75, 3.05) is 5.32 Å². The van der Waals surface area contributed by atoms with E-state index >= 15 is 0 Å². The minimum atomic E-state index is 0.402. The molecular weight excluding hydrogens is 303 g/mol. The third kappa shape index (κ3) is 2.78. The van der Waals surface area contributed by atoms with Gasteiger partial charge in [-0.1, -0.05) is 34.5 Å². The van der Waals surface area contributed by atoms with Crippen molar-refractivity contribution in [1.82, 2.24) is 15.0 Å². The maximum atomic E-state index is 5.95. The van der Waals surface area contributed by atoms with Crippen LogP contribution >= 0.6 is 34.5 Å². The highest BCUT2D eigenvalue weighted by Crippen LogP contribution is 2.30. The normalized spacial score (nSPS) is 10.9. The molecule has 1 aromatic carbocycles. The minimum absolute atomic E-state index is 0.402. The predicted octanol–water partition coefficient (Wildman–Crippen LogP) is 4.45. The zero-order valence-electron chi connectivity index (χ0n) is 9.82. The Hall–Kier alpha value is -1.43. The number of thiazole rings is 1. The van der Waals surface area contributed by atoms with Gasteiger partial charge in [0.2, 0.25) is 0 Å². The molecule has 0 atom stereocenters. The Bertz CT molecular complexity index is 736. The monoisotopic (exact) mass is 310 g/mol. The molecule has 2 heterocycles. The van der Waals surface area contributed by atoms with Crippen molar-refractivity contribution >= 4 is 55.7 Å². The van der Waals surface area contributed by atoms with E-state index < -0.39 is 0 Å². The number of anilines is 2. The van der Waals surface area contributed by atoms with Gasteiger partial charge in [0.25, 0.3) is 0 Å². The van der Waals surface area contributed by atoms with Crippen LogP contribution in [0.25, 0.3) is 10.2 Å². The molecule has 2 aromatic heterocycles. The summed E-state index contributed by atoms with van der Waals surface area (Å²) in [6, 6.07) is 7.25. The first kappa shape index (κ1) is 12.6. The standard InChI is InChI=1S/C12H8Cl2N4S/c1-6-15-10(14)5-11(16-6)18-12-17-8-3-2-7(13)4-9(8)19-12/h2-5H,1H3,(H,15,16,17,18). The molecule has 3 aromatic rings. The molecular formula is C12H8Cl2N4S. The fraction of sp³-hybridized carbons (Fsp3) is 0.0833. The number of nitrogens with zero attached hydrogens (tertiary/aromatic N) is 3. The topological polar surface area (TPSA) is 50.7 Å². The van der Waals surface area contributed by atoms with Crippen LogP contribution in [0.15, 0.2) is 24.3 Å². The van der Waals surface area contributed by atoms with Crippen molar-refractivity contribution < 1.29 is 0 Å². The van der Waals surface area contributed by atoms with Crippen LogP contribution in [0.2, 0.25) is 10.2 Å². The Morgan fingerprint density at radius 2 is 1.95 bits per heavy atom. The zero-order chi connectivity index (χ0) is 13.4. The zero-order valence-corrected chi connectivity index (χ0v) is 12.1. The molecule has 1 N–H and O–H groups in total. The molecule has 96 valence electrons.